The van der Waals surface area contributed by atoms with Crippen molar-refractivity contribution in [2.45, 2.75) is 6.42 Å². The molecule has 1 aromatic carbocycles. The number of benzene rings is 1. The van der Waals surface area contributed by atoms with Crippen LogP contribution in [0.25, 0.3) is 11.3 Å². The maximum absolute atomic E-state index is 6.29. The lowest BCUT2D eigenvalue weighted by atomic mass is 10.1. The van der Waals surface area contributed by atoms with Gasteiger partial charge in [0.1, 0.15) is 11.5 Å². The average Bonchev–Trinajstić information content (AvgIpc) is 2.65. The van der Waals surface area contributed by atoms with Crippen LogP contribution >= 0.6 is 11.6 Å². The van der Waals surface area contributed by atoms with E-state index in [1.165, 1.54) is 0 Å². The van der Waals surface area contributed by atoms with E-state index in [0.717, 1.165) is 6.42 Å². The van der Waals surface area contributed by atoms with Gasteiger partial charge in [0.15, 0.2) is 17.2 Å². The average molecular weight is 310 g/mol. The minimum Gasteiger partial charge on any atom is -0.494 e. The molecule has 0 unspecified atom stereocenters. The van der Waals surface area contributed by atoms with Crippen LogP contribution in [0.2, 0.25) is 5.02 Å². The molecule has 0 fully saturated rings. The van der Waals surface area contributed by atoms with E-state index >= 15 is 0 Å². The highest BCUT2D eigenvalue weighted by Crippen LogP contribution is 2.49. The Hall–Kier alpha value is -2.08. The first-order chi connectivity index (χ1) is 10.1. The summed E-state index contributed by atoms with van der Waals surface area (Å²) in [6, 6.07) is 3.46. The Labute approximate surface area is 127 Å². The summed E-state index contributed by atoms with van der Waals surface area (Å²) in [6.45, 7) is 1.15. The number of methoxy groups -OCH3 is 1. The zero-order valence-electron chi connectivity index (χ0n) is 11.9. The highest BCUT2D eigenvalue weighted by atomic mass is 35.5. The molecule has 7 heteroatoms. The van der Waals surface area contributed by atoms with E-state index in [2.05, 4.69) is 5.10 Å². The number of rotatable bonds is 2. The molecular formula is C14H16ClN3O3. The number of hydrogen-bond acceptors (Lipinski definition) is 5. The van der Waals surface area contributed by atoms with Gasteiger partial charge in [-0.1, -0.05) is 11.6 Å². The molecule has 0 bridgehead atoms. The third-order valence-corrected chi connectivity index (χ3v) is 3.60. The van der Waals surface area contributed by atoms with Gasteiger partial charge in [0.2, 0.25) is 0 Å². The molecule has 1 aromatic heterocycles. The first kappa shape index (κ1) is 13.9. The fourth-order valence-electron chi connectivity index (χ4n) is 2.29. The van der Waals surface area contributed by atoms with E-state index in [0.29, 0.717) is 52.6 Å². The summed E-state index contributed by atoms with van der Waals surface area (Å²) in [4.78, 5) is 0. The van der Waals surface area contributed by atoms with Gasteiger partial charge in [-0.2, -0.15) is 5.10 Å². The van der Waals surface area contributed by atoms with Gasteiger partial charge in [-0.3, -0.25) is 4.68 Å². The van der Waals surface area contributed by atoms with Gasteiger partial charge in [-0.25, -0.2) is 0 Å². The second-order valence-electron chi connectivity index (χ2n) is 4.72. The Bertz CT molecular complexity index is 665. The molecule has 0 radical (unpaired) electrons. The number of ether oxygens (including phenoxy) is 3. The van der Waals surface area contributed by atoms with Crippen molar-refractivity contribution in [1.29, 1.82) is 0 Å². The molecule has 2 N–H and O–H groups in total. The second kappa shape index (κ2) is 5.37. The minimum absolute atomic E-state index is 0.445. The lowest BCUT2D eigenvalue weighted by molar-refractivity contribution is 0.297. The van der Waals surface area contributed by atoms with Crippen molar-refractivity contribution in [3.63, 3.8) is 0 Å². The molecule has 0 aliphatic carbocycles. The fourth-order valence-corrected chi connectivity index (χ4v) is 2.56. The maximum Gasteiger partial charge on any atom is 0.174 e. The summed E-state index contributed by atoms with van der Waals surface area (Å²) >= 11 is 6.29. The van der Waals surface area contributed by atoms with Gasteiger partial charge in [0, 0.05) is 25.6 Å². The zero-order valence-corrected chi connectivity index (χ0v) is 12.6. The van der Waals surface area contributed by atoms with Gasteiger partial charge in [-0.15, -0.1) is 0 Å². The molecule has 0 saturated carbocycles. The van der Waals surface area contributed by atoms with Crippen molar-refractivity contribution >= 4 is 17.4 Å². The van der Waals surface area contributed by atoms with Crippen molar-refractivity contribution in [2.75, 3.05) is 26.1 Å². The van der Waals surface area contributed by atoms with Gasteiger partial charge in [0.05, 0.1) is 30.9 Å². The Balaban J connectivity index is 2.27. The molecule has 2 aromatic rings. The fraction of sp³-hybridized carbons (Fsp3) is 0.357. The number of fused-ring (bicyclic) bond motifs is 1. The number of aromatic nitrogens is 2. The SMILES string of the molecule is COc1c(Cl)cc2c(c1-c1cc(N)n(C)n1)OCCCO2. The van der Waals surface area contributed by atoms with Crippen LogP contribution in [-0.4, -0.2) is 30.1 Å². The molecule has 2 heterocycles. The van der Waals surface area contributed by atoms with Crippen molar-refractivity contribution in [3.8, 4) is 28.5 Å². The van der Waals surface area contributed by atoms with E-state index in [4.69, 9.17) is 31.5 Å². The van der Waals surface area contributed by atoms with Crippen molar-refractivity contribution in [1.82, 2.24) is 9.78 Å². The number of anilines is 1. The van der Waals surface area contributed by atoms with E-state index in [1.54, 1.807) is 31.0 Å². The van der Waals surface area contributed by atoms with E-state index in [-0.39, 0.29) is 0 Å². The van der Waals surface area contributed by atoms with Crippen LogP contribution in [0.5, 0.6) is 17.2 Å². The topological polar surface area (TPSA) is 71.5 Å². The van der Waals surface area contributed by atoms with Crippen LogP contribution in [-0.2, 0) is 7.05 Å². The molecule has 0 atom stereocenters. The number of halogens is 1. The number of nitrogens with two attached hydrogens (primary N) is 1. The molecule has 6 nitrogen and oxygen atoms in total. The van der Waals surface area contributed by atoms with Crippen LogP contribution in [0, 0.1) is 0 Å². The quantitative estimate of drug-likeness (QED) is 0.923. The standard InChI is InChI=1S/C14H16ClN3O3/c1-18-11(16)7-9(17-18)12-13(19-2)8(15)6-10-14(12)21-5-3-4-20-10/h6-7H,3-5,16H2,1-2H3. The predicted octanol–water partition coefficient (Wildman–Crippen LogP) is 2.49. The summed E-state index contributed by atoms with van der Waals surface area (Å²) < 4.78 is 18.5. The molecule has 0 saturated heterocycles. The summed E-state index contributed by atoms with van der Waals surface area (Å²) in [5, 5.41) is 4.83. The number of nitrogen functional groups attached to an aromatic ring is 1. The van der Waals surface area contributed by atoms with E-state index in [9.17, 15) is 0 Å². The summed E-state index contributed by atoms with van der Waals surface area (Å²) in [5.74, 6) is 2.22. The molecule has 3 rings (SSSR count). The number of aryl methyl sites for hydroxylation is 1. The molecule has 1 aliphatic heterocycles. The van der Waals surface area contributed by atoms with Crippen molar-refractivity contribution < 1.29 is 14.2 Å². The zero-order chi connectivity index (χ0) is 15.0. The highest BCUT2D eigenvalue weighted by Gasteiger charge is 2.25. The van der Waals surface area contributed by atoms with Crippen LogP contribution in [0.4, 0.5) is 5.82 Å². The first-order valence-corrected chi connectivity index (χ1v) is 6.95. The Kier molecular flexibility index (Phi) is 3.55. The van der Waals surface area contributed by atoms with Crippen LogP contribution in [0.1, 0.15) is 6.42 Å². The second-order valence-corrected chi connectivity index (χ2v) is 5.13. The van der Waals surface area contributed by atoms with Gasteiger partial charge in [-0.05, 0) is 0 Å². The van der Waals surface area contributed by atoms with Crippen molar-refractivity contribution in [2.24, 2.45) is 7.05 Å². The highest BCUT2D eigenvalue weighted by molar-refractivity contribution is 6.33. The summed E-state index contributed by atoms with van der Waals surface area (Å²) in [7, 11) is 3.33. The molecule has 112 valence electrons. The molecule has 21 heavy (non-hydrogen) atoms. The smallest absolute Gasteiger partial charge is 0.174 e. The largest absolute Gasteiger partial charge is 0.494 e. The molecular weight excluding hydrogens is 294 g/mol. The molecule has 1 aliphatic rings. The van der Waals surface area contributed by atoms with E-state index in [1.807, 2.05) is 0 Å². The molecule has 0 spiro atoms. The minimum atomic E-state index is 0.445. The Morgan fingerprint density at radius 1 is 1.33 bits per heavy atom. The third kappa shape index (κ3) is 2.35. The monoisotopic (exact) mass is 309 g/mol. The van der Waals surface area contributed by atoms with Gasteiger partial charge >= 0.3 is 0 Å². The lowest BCUT2D eigenvalue weighted by Crippen LogP contribution is -2.00. The normalized spacial score (nSPS) is 13.9. The van der Waals surface area contributed by atoms with Gasteiger partial charge < -0.3 is 19.9 Å². The Morgan fingerprint density at radius 3 is 2.76 bits per heavy atom. The summed E-state index contributed by atoms with van der Waals surface area (Å²) in [5.41, 5.74) is 7.17. The van der Waals surface area contributed by atoms with Crippen LogP contribution in [0.3, 0.4) is 0 Å². The number of hydrogen-bond donors (Lipinski definition) is 1. The third-order valence-electron chi connectivity index (χ3n) is 3.32. The number of nitrogens with zero attached hydrogens (tertiary/aromatic N) is 2. The summed E-state index contributed by atoms with van der Waals surface area (Å²) in [6.07, 6.45) is 0.804. The van der Waals surface area contributed by atoms with Crippen molar-refractivity contribution in [3.05, 3.63) is 17.2 Å². The van der Waals surface area contributed by atoms with E-state index < -0.39 is 0 Å². The van der Waals surface area contributed by atoms with Crippen LogP contribution in [0.15, 0.2) is 12.1 Å². The van der Waals surface area contributed by atoms with Gasteiger partial charge in [0.25, 0.3) is 0 Å². The Morgan fingerprint density at radius 2 is 2.10 bits per heavy atom. The van der Waals surface area contributed by atoms with Crippen LogP contribution < -0.4 is 19.9 Å². The maximum atomic E-state index is 6.29. The predicted molar refractivity (Wildman–Crippen MR) is 80.2 cm³/mol. The first-order valence-electron chi connectivity index (χ1n) is 6.57. The molecule has 0 amide bonds. The lowest BCUT2D eigenvalue weighted by Gasteiger charge is -2.16.